The van der Waals surface area contributed by atoms with Crippen molar-refractivity contribution >= 4 is 35.3 Å². The topological polar surface area (TPSA) is 29.1 Å². The van der Waals surface area contributed by atoms with E-state index in [0.29, 0.717) is 0 Å². The average molecular weight is 337 g/mol. The fraction of sp³-hybridized carbons (Fsp3) is 0.250. The van der Waals surface area contributed by atoms with Crippen molar-refractivity contribution in [2.45, 2.75) is 26.7 Å². The minimum Gasteiger partial charge on any atom is -0.415 e. The van der Waals surface area contributed by atoms with E-state index in [0.717, 1.165) is 23.6 Å². The molecule has 0 atom stereocenters. The maximum absolute atomic E-state index is 11.6. The van der Waals surface area contributed by atoms with Crippen molar-refractivity contribution in [3.63, 3.8) is 0 Å². The Hall–Kier alpha value is -1.94. The first kappa shape index (κ1) is 18.4. The van der Waals surface area contributed by atoms with Crippen LogP contribution in [0.5, 0.6) is 0 Å². The molecule has 0 spiro atoms. The van der Waals surface area contributed by atoms with Gasteiger partial charge in [-0.15, -0.1) is 11.8 Å². The van der Waals surface area contributed by atoms with Gasteiger partial charge in [0.05, 0.1) is 5.03 Å². The van der Waals surface area contributed by atoms with Crippen LogP contribution in [0.1, 0.15) is 26.7 Å². The largest absolute Gasteiger partial charge is 0.415 e. The number of carbonyl (C=O) groups is 1. The van der Waals surface area contributed by atoms with E-state index in [-0.39, 0.29) is 12.6 Å². The fourth-order valence-electron chi connectivity index (χ4n) is 2.43. The molecule has 24 heavy (non-hydrogen) atoms. The van der Waals surface area contributed by atoms with Gasteiger partial charge in [0.2, 0.25) is 0 Å². The Bertz CT molecular complexity index is 618. The maximum atomic E-state index is 11.6. The molecule has 0 fully saturated rings. The van der Waals surface area contributed by atoms with Crippen LogP contribution in [0.3, 0.4) is 0 Å². The van der Waals surface area contributed by atoms with Crippen LogP contribution in [-0.2, 0) is 4.79 Å². The molecular formula is C20H24BNOS. The van der Waals surface area contributed by atoms with Gasteiger partial charge in [-0.25, -0.2) is 0 Å². The number of benzene rings is 2. The number of allylic oxidation sites excluding steroid dienone is 1. The highest BCUT2D eigenvalue weighted by atomic mass is 32.2. The molecule has 0 saturated heterocycles. The minimum absolute atomic E-state index is 0.0344. The van der Waals surface area contributed by atoms with Gasteiger partial charge in [0.25, 0.3) is 0 Å². The molecule has 0 saturated carbocycles. The summed E-state index contributed by atoms with van der Waals surface area (Å²) in [6.07, 6.45) is 4.00. The smallest absolute Gasteiger partial charge is 0.321 e. The van der Waals surface area contributed by atoms with Gasteiger partial charge in [0.1, 0.15) is 0 Å². The number of hydrogen-bond donors (Lipinski definition) is 1. The Balaban J connectivity index is 2.27. The summed E-state index contributed by atoms with van der Waals surface area (Å²) in [4.78, 5) is 11.6. The van der Waals surface area contributed by atoms with Gasteiger partial charge in [-0.3, -0.25) is 4.79 Å². The zero-order valence-corrected chi connectivity index (χ0v) is 15.2. The molecule has 2 aromatic carbocycles. The molecule has 0 unspecified atom stereocenters. The molecule has 2 nitrogen and oxygen atoms in total. The molecule has 2 rings (SSSR count). The molecular weight excluding hydrogens is 313 g/mol. The second-order valence-corrected chi connectivity index (χ2v) is 6.86. The van der Waals surface area contributed by atoms with E-state index in [4.69, 9.17) is 0 Å². The first-order valence-corrected chi connectivity index (χ1v) is 9.40. The predicted octanol–water partition coefficient (Wildman–Crippen LogP) is 3.35. The monoisotopic (exact) mass is 337 g/mol. The maximum Gasteiger partial charge on any atom is 0.321 e. The summed E-state index contributed by atoms with van der Waals surface area (Å²) in [6.45, 7) is 3.81. The molecule has 0 amide bonds. The lowest BCUT2D eigenvalue weighted by Gasteiger charge is -2.19. The Morgan fingerprint density at radius 3 is 2.04 bits per heavy atom. The van der Waals surface area contributed by atoms with Crippen molar-refractivity contribution in [1.29, 1.82) is 0 Å². The summed E-state index contributed by atoms with van der Waals surface area (Å²) in [5, 5.41) is 4.52. The summed E-state index contributed by atoms with van der Waals surface area (Å²) < 4.78 is 0. The number of thioether (sulfide) groups is 1. The minimum atomic E-state index is 0.0344. The van der Waals surface area contributed by atoms with Crippen LogP contribution < -0.4 is 16.2 Å². The number of unbranched alkanes of at least 4 members (excludes halogenated alkanes) is 1. The van der Waals surface area contributed by atoms with Crippen LogP contribution in [-0.4, -0.2) is 18.4 Å². The Labute approximate surface area is 149 Å². The Morgan fingerprint density at radius 1 is 1.04 bits per heavy atom. The molecule has 0 aliphatic carbocycles. The van der Waals surface area contributed by atoms with Crippen molar-refractivity contribution in [3.8, 4) is 0 Å². The summed E-state index contributed by atoms with van der Waals surface area (Å²) in [6, 6.07) is 20.7. The highest BCUT2D eigenvalue weighted by molar-refractivity contribution is 8.03. The van der Waals surface area contributed by atoms with Crippen LogP contribution in [0, 0.1) is 0 Å². The average Bonchev–Trinajstić information content (AvgIpc) is 2.60. The summed E-state index contributed by atoms with van der Waals surface area (Å²) >= 11 is 1.72. The first-order valence-electron chi connectivity index (χ1n) is 8.42. The van der Waals surface area contributed by atoms with Gasteiger partial charge in [0.15, 0.2) is 5.78 Å². The normalized spacial score (nSPS) is 11.2. The lowest BCUT2D eigenvalue weighted by molar-refractivity contribution is -0.112. The van der Waals surface area contributed by atoms with Crippen LogP contribution in [0.25, 0.3) is 0 Å². The summed E-state index contributed by atoms with van der Waals surface area (Å²) in [7, 11) is 0. The Kier molecular flexibility index (Phi) is 7.70. The van der Waals surface area contributed by atoms with Crippen LogP contribution in [0.2, 0.25) is 0 Å². The fourth-order valence-corrected chi connectivity index (χ4v) is 3.53. The van der Waals surface area contributed by atoms with Crippen molar-refractivity contribution < 1.29 is 4.79 Å². The Morgan fingerprint density at radius 2 is 1.58 bits per heavy atom. The van der Waals surface area contributed by atoms with Gasteiger partial charge in [0, 0.05) is 6.08 Å². The van der Waals surface area contributed by atoms with Gasteiger partial charge < -0.3 is 5.23 Å². The van der Waals surface area contributed by atoms with E-state index in [1.165, 1.54) is 10.9 Å². The molecule has 0 aliphatic rings. The standard InChI is InChI=1S/C20H24BNOS/c1-3-4-15-24-20(16-17(2)23)22-21(18-11-7-5-8-12-18)19-13-9-6-10-14-19/h5-14,16,22H,3-4,15H2,1-2H3/b20-16+. The number of carbonyl (C=O) groups excluding carboxylic acids is 1. The van der Waals surface area contributed by atoms with Crippen molar-refractivity contribution in [3.05, 3.63) is 71.8 Å². The van der Waals surface area contributed by atoms with Crippen LogP contribution in [0.4, 0.5) is 0 Å². The highest BCUT2D eigenvalue weighted by Gasteiger charge is 2.20. The highest BCUT2D eigenvalue weighted by Crippen LogP contribution is 2.15. The second-order valence-electron chi connectivity index (χ2n) is 5.72. The van der Waals surface area contributed by atoms with E-state index in [2.05, 4.69) is 36.4 Å². The number of rotatable bonds is 9. The molecule has 0 aliphatic heterocycles. The number of nitrogens with one attached hydrogen (secondary N) is 1. The number of hydrogen-bond acceptors (Lipinski definition) is 3. The second kappa shape index (κ2) is 10.0. The molecule has 124 valence electrons. The molecule has 1 N–H and O–H groups in total. The van der Waals surface area contributed by atoms with Gasteiger partial charge in [-0.1, -0.05) is 84.9 Å². The number of ketones is 1. The van der Waals surface area contributed by atoms with Crippen molar-refractivity contribution in [2.75, 3.05) is 5.75 Å². The van der Waals surface area contributed by atoms with Crippen molar-refractivity contribution in [1.82, 2.24) is 5.23 Å². The van der Waals surface area contributed by atoms with Crippen molar-refractivity contribution in [2.24, 2.45) is 0 Å². The summed E-state index contributed by atoms with van der Waals surface area (Å²) in [5.74, 6) is 1.08. The third kappa shape index (κ3) is 5.93. The molecule has 0 radical (unpaired) electrons. The van der Waals surface area contributed by atoms with E-state index in [1.54, 1.807) is 24.8 Å². The van der Waals surface area contributed by atoms with Gasteiger partial charge >= 0.3 is 6.85 Å². The molecule has 2 aromatic rings. The molecule has 4 heteroatoms. The lowest BCUT2D eigenvalue weighted by Crippen LogP contribution is -2.53. The van der Waals surface area contributed by atoms with Gasteiger partial charge in [-0.2, -0.15) is 0 Å². The van der Waals surface area contributed by atoms with Gasteiger partial charge in [-0.05, 0) is 19.1 Å². The molecule has 0 heterocycles. The predicted molar refractivity (Wildman–Crippen MR) is 107 cm³/mol. The third-order valence-electron chi connectivity index (χ3n) is 3.64. The van der Waals surface area contributed by atoms with E-state index >= 15 is 0 Å². The zero-order chi connectivity index (χ0) is 17.2. The van der Waals surface area contributed by atoms with E-state index in [9.17, 15) is 4.79 Å². The van der Waals surface area contributed by atoms with Crippen LogP contribution >= 0.6 is 11.8 Å². The summed E-state index contributed by atoms with van der Waals surface area (Å²) in [5.41, 5.74) is 2.38. The van der Waals surface area contributed by atoms with E-state index < -0.39 is 0 Å². The quantitative estimate of drug-likeness (QED) is 0.432. The SMILES string of the molecule is CCCCS/C(=C/C(C)=O)NB(c1ccccc1)c1ccccc1. The molecule has 0 aromatic heterocycles. The molecule has 0 bridgehead atoms. The van der Waals surface area contributed by atoms with E-state index in [1.807, 2.05) is 36.4 Å². The van der Waals surface area contributed by atoms with Crippen LogP contribution in [0.15, 0.2) is 71.8 Å². The third-order valence-corrected chi connectivity index (χ3v) is 4.68. The lowest BCUT2D eigenvalue weighted by atomic mass is 9.51. The zero-order valence-electron chi connectivity index (χ0n) is 14.4. The first-order chi connectivity index (χ1) is 11.7.